The molecular formula is C12H15N3O7. The first-order valence-corrected chi connectivity index (χ1v) is 6.17. The summed E-state index contributed by atoms with van der Waals surface area (Å²) in [4.78, 5) is 36.2. The number of azide groups is 1. The predicted octanol–water partition coefficient (Wildman–Crippen LogP) is 0.962. The smallest absolute Gasteiger partial charge is 0.303 e. The van der Waals surface area contributed by atoms with Gasteiger partial charge in [0.05, 0.1) is 0 Å². The van der Waals surface area contributed by atoms with E-state index in [0.29, 0.717) is 0 Å². The van der Waals surface area contributed by atoms with E-state index in [-0.39, 0.29) is 5.76 Å². The molecule has 0 saturated carbocycles. The summed E-state index contributed by atoms with van der Waals surface area (Å²) in [5.74, 6) is -2.22. The molecule has 0 aliphatic carbocycles. The van der Waals surface area contributed by atoms with E-state index in [0.717, 1.165) is 20.8 Å². The Balaban J connectivity index is 3.21. The quantitative estimate of drug-likeness (QED) is 0.248. The fourth-order valence-electron chi connectivity index (χ4n) is 1.90. The zero-order valence-corrected chi connectivity index (χ0v) is 12.2. The summed E-state index contributed by atoms with van der Waals surface area (Å²) in [6, 6.07) is 0. The van der Waals surface area contributed by atoms with Gasteiger partial charge in [-0.2, -0.15) is 0 Å². The van der Waals surface area contributed by atoms with Crippen LogP contribution < -0.4 is 0 Å². The molecule has 0 unspecified atom stereocenters. The summed E-state index contributed by atoms with van der Waals surface area (Å²) in [5, 5.41) is 3.33. The van der Waals surface area contributed by atoms with Crippen LogP contribution in [0.3, 0.4) is 0 Å². The van der Waals surface area contributed by atoms with Crippen molar-refractivity contribution in [2.45, 2.75) is 45.3 Å². The van der Waals surface area contributed by atoms with Crippen LogP contribution in [0.15, 0.2) is 17.5 Å². The van der Waals surface area contributed by atoms with Gasteiger partial charge in [0, 0.05) is 25.7 Å². The summed E-state index contributed by atoms with van der Waals surface area (Å²) < 4.78 is 20.2. The van der Waals surface area contributed by atoms with Crippen LogP contribution in [0.4, 0.5) is 0 Å². The summed E-state index contributed by atoms with van der Waals surface area (Å²) in [7, 11) is 0. The molecule has 120 valence electrons. The predicted molar refractivity (Wildman–Crippen MR) is 69.8 cm³/mol. The van der Waals surface area contributed by atoms with Gasteiger partial charge in [0.2, 0.25) is 6.23 Å². The number of carbonyl (C=O) groups is 3. The molecule has 4 atom stereocenters. The van der Waals surface area contributed by atoms with Crippen molar-refractivity contribution in [3.8, 4) is 0 Å². The Hall–Kier alpha value is -2.74. The molecule has 0 spiro atoms. The molecular weight excluding hydrogens is 298 g/mol. The molecule has 0 aromatic heterocycles. The molecule has 0 radical (unpaired) electrons. The Morgan fingerprint density at radius 3 is 2.05 bits per heavy atom. The first kappa shape index (κ1) is 17.3. The van der Waals surface area contributed by atoms with Gasteiger partial charge in [-0.15, -0.1) is 0 Å². The van der Waals surface area contributed by atoms with Crippen LogP contribution in [0.1, 0.15) is 20.8 Å². The van der Waals surface area contributed by atoms with Crippen molar-refractivity contribution in [2.75, 3.05) is 0 Å². The third kappa shape index (κ3) is 4.38. The molecule has 1 rings (SSSR count). The molecule has 0 N–H and O–H groups in total. The first-order valence-electron chi connectivity index (χ1n) is 6.17. The average molecular weight is 313 g/mol. The van der Waals surface area contributed by atoms with Gasteiger partial charge in [0.1, 0.15) is 5.76 Å². The number of ether oxygens (including phenoxy) is 4. The Morgan fingerprint density at radius 2 is 1.59 bits per heavy atom. The minimum Gasteiger partial charge on any atom is -0.481 e. The van der Waals surface area contributed by atoms with Crippen LogP contribution in [0, 0.1) is 0 Å². The number of esters is 3. The van der Waals surface area contributed by atoms with Crippen LogP contribution in [-0.2, 0) is 33.3 Å². The van der Waals surface area contributed by atoms with Gasteiger partial charge in [-0.1, -0.05) is 6.58 Å². The lowest BCUT2D eigenvalue weighted by Gasteiger charge is -2.39. The highest BCUT2D eigenvalue weighted by Crippen LogP contribution is 2.30. The van der Waals surface area contributed by atoms with Crippen molar-refractivity contribution in [1.82, 2.24) is 0 Å². The molecule has 10 heteroatoms. The third-order valence-corrected chi connectivity index (χ3v) is 2.56. The van der Waals surface area contributed by atoms with Crippen molar-refractivity contribution >= 4 is 17.9 Å². The third-order valence-electron chi connectivity index (χ3n) is 2.56. The van der Waals surface area contributed by atoms with Crippen molar-refractivity contribution in [3.05, 3.63) is 22.8 Å². The maximum atomic E-state index is 11.3. The minimum atomic E-state index is -1.31. The summed E-state index contributed by atoms with van der Waals surface area (Å²) >= 11 is 0. The molecule has 1 heterocycles. The molecule has 1 aliphatic rings. The lowest BCUT2D eigenvalue weighted by Crippen LogP contribution is -2.55. The van der Waals surface area contributed by atoms with Crippen molar-refractivity contribution in [3.63, 3.8) is 0 Å². The van der Waals surface area contributed by atoms with E-state index in [9.17, 15) is 14.4 Å². The minimum absolute atomic E-state index is 0.0951. The second kappa shape index (κ2) is 7.32. The van der Waals surface area contributed by atoms with Gasteiger partial charge in [-0.25, -0.2) is 0 Å². The second-order valence-electron chi connectivity index (χ2n) is 4.36. The summed E-state index contributed by atoms with van der Waals surface area (Å²) in [6.45, 7) is 6.91. The molecule has 1 aliphatic heterocycles. The van der Waals surface area contributed by atoms with Crippen LogP contribution in [-0.4, -0.2) is 42.4 Å². The highest BCUT2D eigenvalue weighted by atomic mass is 16.6. The highest BCUT2D eigenvalue weighted by molar-refractivity contribution is 5.68. The van der Waals surface area contributed by atoms with Crippen LogP contribution >= 0.6 is 0 Å². The molecule has 1 saturated heterocycles. The Morgan fingerprint density at radius 1 is 1.09 bits per heavy atom. The van der Waals surface area contributed by atoms with Crippen LogP contribution in [0.2, 0.25) is 0 Å². The number of hydrogen-bond donors (Lipinski definition) is 0. The normalized spacial score (nSPS) is 27.0. The van der Waals surface area contributed by atoms with Crippen molar-refractivity contribution in [2.24, 2.45) is 5.11 Å². The monoisotopic (exact) mass is 313 g/mol. The Labute approximate surface area is 125 Å². The standard InChI is InChI=1S/C12H15N3O7/c1-5-9(20-6(2)16)10(21-7(3)17)11(22-8(4)18)12(19-5)14-15-13/h9-12H,1H2,2-4H3/t9-,10+,11+,12+/m1/s1. The Kier molecular flexibility index (Phi) is 5.76. The van der Waals surface area contributed by atoms with Gasteiger partial charge < -0.3 is 18.9 Å². The van der Waals surface area contributed by atoms with Gasteiger partial charge in [-0.3, -0.25) is 14.4 Å². The molecule has 22 heavy (non-hydrogen) atoms. The second-order valence-corrected chi connectivity index (χ2v) is 4.36. The molecule has 0 bridgehead atoms. The maximum Gasteiger partial charge on any atom is 0.303 e. The van der Waals surface area contributed by atoms with E-state index in [2.05, 4.69) is 16.6 Å². The molecule has 0 aromatic rings. The number of nitrogens with zero attached hydrogens (tertiary/aromatic N) is 3. The number of rotatable bonds is 4. The fraction of sp³-hybridized carbons (Fsp3) is 0.583. The summed E-state index contributed by atoms with van der Waals surface area (Å²) in [6.07, 6.45) is -5.04. The zero-order chi connectivity index (χ0) is 16.9. The van der Waals surface area contributed by atoms with E-state index < -0.39 is 42.4 Å². The highest BCUT2D eigenvalue weighted by Gasteiger charge is 2.49. The van der Waals surface area contributed by atoms with E-state index in [1.54, 1.807) is 0 Å². The Bertz CT molecular complexity index is 541. The largest absolute Gasteiger partial charge is 0.481 e. The van der Waals surface area contributed by atoms with E-state index >= 15 is 0 Å². The van der Waals surface area contributed by atoms with Gasteiger partial charge >= 0.3 is 17.9 Å². The molecule has 0 aromatic carbocycles. The first-order chi connectivity index (χ1) is 10.3. The average Bonchev–Trinajstić information content (AvgIpc) is 2.37. The molecule has 0 amide bonds. The van der Waals surface area contributed by atoms with Crippen molar-refractivity contribution < 1.29 is 33.3 Å². The van der Waals surface area contributed by atoms with Gasteiger partial charge in [0.15, 0.2) is 18.3 Å². The van der Waals surface area contributed by atoms with Crippen molar-refractivity contribution in [1.29, 1.82) is 0 Å². The lowest BCUT2D eigenvalue weighted by atomic mass is 10.0. The van der Waals surface area contributed by atoms with Gasteiger partial charge in [-0.05, 0) is 10.6 Å². The maximum absolute atomic E-state index is 11.3. The van der Waals surface area contributed by atoms with E-state index in [4.69, 9.17) is 24.5 Å². The topological polar surface area (TPSA) is 137 Å². The zero-order valence-electron chi connectivity index (χ0n) is 12.2. The van der Waals surface area contributed by atoms with Crippen LogP contribution in [0.25, 0.3) is 10.4 Å². The number of hydrogen-bond acceptors (Lipinski definition) is 8. The number of carbonyl (C=O) groups excluding carboxylic acids is 3. The van der Waals surface area contributed by atoms with Gasteiger partial charge in [0.25, 0.3) is 0 Å². The van der Waals surface area contributed by atoms with E-state index in [1.807, 2.05) is 0 Å². The fourth-order valence-corrected chi connectivity index (χ4v) is 1.90. The lowest BCUT2D eigenvalue weighted by molar-refractivity contribution is -0.209. The van der Waals surface area contributed by atoms with E-state index in [1.165, 1.54) is 0 Å². The molecule has 10 nitrogen and oxygen atoms in total. The summed E-state index contributed by atoms with van der Waals surface area (Å²) in [5.41, 5.74) is 8.55. The van der Waals surface area contributed by atoms with Crippen LogP contribution in [0.5, 0.6) is 0 Å². The SMILES string of the molecule is C=C1O[C@H](N=[N+]=[N-])[C@@H](OC(C)=O)[C@@H](OC(C)=O)[C@@H]1OC(C)=O. The molecule has 1 fully saturated rings.